The Hall–Kier alpha value is -3.28. The molecule has 4 rings (SSSR count). The number of amides is 1. The van der Waals surface area contributed by atoms with Crippen molar-refractivity contribution in [3.63, 3.8) is 0 Å². The molecule has 0 saturated carbocycles. The highest BCUT2D eigenvalue weighted by atomic mass is 16.5. The molecule has 1 aromatic carbocycles. The zero-order chi connectivity index (χ0) is 22.5. The largest absolute Gasteiger partial charge is 0.379 e. The molecule has 0 radical (unpaired) electrons. The molecule has 1 amide bonds. The highest BCUT2D eigenvalue weighted by Gasteiger charge is 2.23. The van der Waals surface area contributed by atoms with Crippen molar-refractivity contribution in [1.29, 1.82) is 5.26 Å². The van der Waals surface area contributed by atoms with E-state index in [1.807, 2.05) is 32.0 Å². The van der Waals surface area contributed by atoms with Crippen LogP contribution in [-0.4, -0.2) is 58.3 Å². The molecule has 1 fully saturated rings. The Morgan fingerprint density at radius 2 is 2.00 bits per heavy atom. The molecular formula is C24H28N6O2. The van der Waals surface area contributed by atoms with Crippen LogP contribution in [0.25, 0.3) is 5.65 Å². The summed E-state index contributed by atoms with van der Waals surface area (Å²) in [4.78, 5) is 19.7. The number of nitriles is 1. The van der Waals surface area contributed by atoms with Crippen molar-refractivity contribution in [1.82, 2.24) is 24.8 Å². The summed E-state index contributed by atoms with van der Waals surface area (Å²) >= 11 is 0. The van der Waals surface area contributed by atoms with Gasteiger partial charge in [0.2, 0.25) is 5.91 Å². The maximum absolute atomic E-state index is 12.7. The minimum atomic E-state index is 0.0104. The first-order chi connectivity index (χ1) is 15.6. The van der Waals surface area contributed by atoms with Gasteiger partial charge >= 0.3 is 0 Å². The standard InChI is InChI=1S/C24H28N6O2/c1-17-21(18(2)30-24(28-17)20(14-25)15-27-30)8-9-23(31)26-16-22(19-6-4-3-5-7-19)29-10-12-32-13-11-29/h3-7,15,22H,8-13,16H2,1-2H3,(H,26,31). The molecule has 0 bridgehead atoms. The van der Waals surface area contributed by atoms with Crippen LogP contribution < -0.4 is 5.32 Å². The maximum atomic E-state index is 12.7. The average Bonchev–Trinajstić information content (AvgIpc) is 3.23. The minimum absolute atomic E-state index is 0.0104. The molecule has 8 heteroatoms. The number of hydrogen-bond acceptors (Lipinski definition) is 6. The number of rotatable bonds is 7. The molecule has 1 saturated heterocycles. The number of nitrogens with one attached hydrogen (secondary N) is 1. The first-order valence-corrected chi connectivity index (χ1v) is 11.0. The molecule has 1 unspecified atom stereocenters. The van der Waals surface area contributed by atoms with Crippen LogP contribution in [-0.2, 0) is 16.0 Å². The van der Waals surface area contributed by atoms with Gasteiger partial charge in [-0.2, -0.15) is 10.4 Å². The Morgan fingerprint density at radius 1 is 1.25 bits per heavy atom. The highest BCUT2D eigenvalue weighted by Crippen LogP contribution is 2.22. The molecule has 1 aliphatic rings. The van der Waals surface area contributed by atoms with Gasteiger partial charge in [-0.25, -0.2) is 9.50 Å². The molecule has 32 heavy (non-hydrogen) atoms. The fourth-order valence-corrected chi connectivity index (χ4v) is 4.31. The van der Waals surface area contributed by atoms with Crippen molar-refractivity contribution < 1.29 is 9.53 Å². The topological polar surface area (TPSA) is 95.6 Å². The number of hydrogen-bond donors (Lipinski definition) is 1. The van der Waals surface area contributed by atoms with Crippen molar-refractivity contribution in [3.8, 4) is 6.07 Å². The second-order valence-electron chi connectivity index (χ2n) is 8.05. The van der Waals surface area contributed by atoms with Gasteiger partial charge in [-0.1, -0.05) is 30.3 Å². The van der Waals surface area contributed by atoms with E-state index in [1.54, 1.807) is 4.52 Å². The van der Waals surface area contributed by atoms with Gasteiger partial charge in [0.15, 0.2) is 5.65 Å². The SMILES string of the molecule is Cc1nc2c(C#N)cnn2c(C)c1CCC(=O)NCC(c1ccccc1)N1CCOCC1. The van der Waals surface area contributed by atoms with E-state index in [2.05, 4.69) is 38.5 Å². The van der Waals surface area contributed by atoms with Gasteiger partial charge in [0.1, 0.15) is 11.6 Å². The summed E-state index contributed by atoms with van der Waals surface area (Å²) < 4.78 is 7.18. The van der Waals surface area contributed by atoms with Crippen molar-refractivity contribution in [2.75, 3.05) is 32.8 Å². The van der Waals surface area contributed by atoms with E-state index in [4.69, 9.17) is 4.74 Å². The first kappa shape index (κ1) is 21.9. The summed E-state index contributed by atoms with van der Waals surface area (Å²) in [5.74, 6) is 0.0104. The van der Waals surface area contributed by atoms with Gasteiger partial charge in [-0.15, -0.1) is 0 Å². The van der Waals surface area contributed by atoms with Gasteiger partial charge < -0.3 is 10.1 Å². The zero-order valence-electron chi connectivity index (χ0n) is 18.5. The number of carbonyl (C=O) groups is 1. The molecule has 1 aliphatic heterocycles. The third kappa shape index (κ3) is 4.64. The number of aryl methyl sites for hydroxylation is 2. The van der Waals surface area contributed by atoms with Crippen LogP contribution in [0.4, 0.5) is 0 Å². The van der Waals surface area contributed by atoms with Gasteiger partial charge in [0, 0.05) is 37.4 Å². The quantitative estimate of drug-likeness (QED) is 0.616. The average molecular weight is 433 g/mol. The van der Waals surface area contributed by atoms with Crippen molar-refractivity contribution >= 4 is 11.6 Å². The third-order valence-electron chi connectivity index (χ3n) is 6.09. The molecule has 1 N–H and O–H groups in total. The van der Waals surface area contributed by atoms with Gasteiger partial charge in [0.25, 0.3) is 0 Å². The summed E-state index contributed by atoms with van der Waals surface area (Å²) in [7, 11) is 0. The number of benzene rings is 1. The van der Waals surface area contributed by atoms with Crippen LogP contribution in [0.2, 0.25) is 0 Å². The lowest BCUT2D eigenvalue weighted by atomic mass is 10.0. The highest BCUT2D eigenvalue weighted by molar-refractivity contribution is 5.76. The summed E-state index contributed by atoms with van der Waals surface area (Å²) in [6, 6.07) is 12.5. The molecule has 1 atom stereocenters. The van der Waals surface area contributed by atoms with E-state index < -0.39 is 0 Å². The second kappa shape index (κ2) is 9.90. The fourth-order valence-electron chi connectivity index (χ4n) is 4.31. The number of carbonyl (C=O) groups excluding carboxylic acids is 1. The fraction of sp³-hybridized carbons (Fsp3) is 0.417. The van der Waals surface area contributed by atoms with Crippen LogP contribution in [0.3, 0.4) is 0 Å². The number of nitrogens with zero attached hydrogens (tertiary/aromatic N) is 5. The Labute approximate surface area is 187 Å². The Bertz CT molecular complexity index is 1130. The molecule has 166 valence electrons. The molecule has 0 aliphatic carbocycles. The smallest absolute Gasteiger partial charge is 0.220 e. The van der Waals surface area contributed by atoms with Crippen LogP contribution in [0.1, 0.15) is 40.5 Å². The minimum Gasteiger partial charge on any atom is -0.379 e. The van der Waals surface area contributed by atoms with Crippen molar-refractivity contribution in [2.45, 2.75) is 32.7 Å². The number of aromatic nitrogens is 3. The normalized spacial score (nSPS) is 15.4. The lowest BCUT2D eigenvalue weighted by Crippen LogP contribution is -2.43. The van der Waals surface area contributed by atoms with Gasteiger partial charge in [0.05, 0.1) is 25.5 Å². The van der Waals surface area contributed by atoms with E-state index >= 15 is 0 Å². The number of ether oxygens (including phenoxy) is 1. The molecule has 2 aromatic heterocycles. The second-order valence-corrected chi connectivity index (χ2v) is 8.05. The molecule has 3 heterocycles. The third-order valence-corrected chi connectivity index (χ3v) is 6.09. The van der Waals surface area contributed by atoms with Crippen molar-refractivity contribution in [2.24, 2.45) is 0 Å². The van der Waals surface area contributed by atoms with Gasteiger partial charge in [-0.05, 0) is 31.4 Å². The van der Waals surface area contributed by atoms with E-state index in [0.29, 0.717) is 43.8 Å². The van der Waals surface area contributed by atoms with E-state index in [-0.39, 0.29) is 11.9 Å². The summed E-state index contributed by atoms with van der Waals surface area (Å²) in [5.41, 5.74) is 4.95. The van der Waals surface area contributed by atoms with Gasteiger partial charge in [-0.3, -0.25) is 9.69 Å². The van der Waals surface area contributed by atoms with Crippen LogP contribution in [0.5, 0.6) is 0 Å². The predicted molar refractivity (Wildman–Crippen MR) is 120 cm³/mol. The van der Waals surface area contributed by atoms with E-state index in [9.17, 15) is 10.1 Å². The van der Waals surface area contributed by atoms with E-state index in [0.717, 1.165) is 30.0 Å². The van der Waals surface area contributed by atoms with E-state index in [1.165, 1.54) is 11.8 Å². The van der Waals surface area contributed by atoms with Crippen LogP contribution >= 0.6 is 0 Å². The van der Waals surface area contributed by atoms with Crippen LogP contribution in [0, 0.1) is 25.2 Å². The van der Waals surface area contributed by atoms with Crippen LogP contribution in [0.15, 0.2) is 36.5 Å². The zero-order valence-corrected chi connectivity index (χ0v) is 18.5. The lowest BCUT2D eigenvalue weighted by Gasteiger charge is -2.35. The number of morpholine rings is 1. The Balaban J connectivity index is 1.41. The summed E-state index contributed by atoms with van der Waals surface area (Å²) in [6.45, 7) is 7.56. The Kier molecular flexibility index (Phi) is 6.78. The summed E-state index contributed by atoms with van der Waals surface area (Å²) in [5, 5.41) is 16.6. The lowest BCUT2D eigenvalue weighted by molar-refractivity contribution is -0.121. The monoisotopic (exact) mass is 432 g/mol. The van der Waals surface area contributed by atoms with Crippen molar-refractivity contribution in [3.05, 3.63) is 64.6 Å². The first-order valence-electron chi connectivity index (χ1n) is 11.0. The number of fused-ring (bicyclic) bond motifs is 1. The predicted octanol–water partition coefficient (Wildman–Crippen LogP) is 2.34. The molecular weight excluding hydrogens is 404 g/mol. The molecule has 8 nitrogen and oxygen atoms in total. The summed E-state index contributed by atoms with van der Waals surface area (Å²) in [6.07, 6.45) is 2.47. The maximum Gasteiger partial charge on any atom is 0.220 e. The Morgan fingerprint density at radius 3 is 2.72 bits per heavy atom. The molecule has 3 aromatic rings. The molecule has 0 spiro atoms.